The minimum atomic E-state index is -0.668. The van der Waals surface area contributed by atoms with Crippen molar-refractivity contribution in [3.05, 3.63) is 65.1 Å². The number of phenolic OH excluding ortho intramolecular Hbond substituents is 1. The van der Waals surface area contributed by atoms with Crippen molar-refractivity contribution in [2.24, 2.45) is 0 Å². The highest BCUT2D eigenvalue weighted by Crippen LogP contribution is 2.39. The molecule has 0 bridgehead atoms. The SMILES string of the molecule is COc1ccc(C=C(CNC(=O)OCc2ccccc2)B2OC(C)(C)C(C)(C)O2)cc1O. The van der Waals surface area contributed by atoms with Crippen molar-refractivity contribution in [2.45, 2.75) is 45.5 Å². The van der Waals surface area contributed by atoms with Crippen LogP contribution in [0.25, 0.3) is 6.08 Å². The van der Waals surface area contributed by atoms with E-state index in [0.717, 1.165) is 5.56 Å². The molecule has 0 atom stereocenters. The van der Waals surface area contributed by atoms with Gasteiger partial charge in [0.15, 0.2) is 11.5 Å². The van der Waals surface area contributed by atoms with Crippen LogP contribution in [0.5, 0.6) is 11.5 Å². The van der Waals surface area contributed by atoms with Gasteiger partial charge < -0.3 is 29.2 Å². The molecular weight excluding hydrogens is 409 g/mol. The third-order valence-electron chi connectivity index (χ3n) is 5.76. The Morgan fingerprint density at radius 3 is 2.34 bits per heavy atom. The number of phenols is 1. The van der Waals surface area contributed by atoms with Crippen LogP contribution in [-0.4, -0.2) is 43.2 Å². The number of carbonyl (C=O) groups is 1. The molecule has 170 valence electrons. The number of carbonyl (C=O) groups excluding carboxylic acids is 1. The van der Waals surface area contributed by atoms with Gasteiger partial charge in [-0.15, -0.1) is 0 Å². The highest BCUT2D eigenvalue weighted by Gasteiger charge is 2.52. The zero-order valence-electron chi connectivity index (χ0n) is 19.2. The first kappa shape index (κ1) is 23.7. The molecule has 0 aromatic heterocycles. The monoisotopic (exact) mass is 439 g/mol. The average molecular weight is 439 g/mol. The first-order valence-corrected chi connectivity index (χ1v) is 10.5. The summed E-state index contributed by atoms with van der Waals surface area (Å²) in [6.07, 6.45) is 1.27. The Morgan fingerprint density at radius 2 is 1.75 bits per heavy atom. The molecule has 2 aromatic carbocycles. The molecule has 1 heterocycles. The van der Waals surface area contributed by atoms with Crippen LogP contribution in [0.2, 0.25) is 0 Å². The lowest BCUT2D eigenvalue weighted by atomic mass is 9.77. The highest BCUT2D eigenvalue weighted by molar-refractivity contribution is 6.56. The summed E-state index contributed by atoms with van der Waals surface area (Å²) in [5.74, 6) is 0.395. The maximum Gasteiger partial charge on any atom is 0.492 e. The van der Waals surface area contributed by atoms with Crippen LogP contribution in [0.15, 0.2) is 54.0 Å². The predicted octanol–water partition coefficient (Wildman–Crippen LogP) is 4.34. The van der Waals surface area contributed by atoms with Crippen molar-refractivity contribution < 1.29 is 28.7 Å². The Hall–Kier alpha value is -2.97. The number of hydrogen-bond acceptors (Lipinski definition) is 6. The quantitative estimate of drug-likeness (QED) is 0.625. The zero-order valence-corrected chi connectivity index (χ0v) is 19.2. The second-order valence-electron chi connectivity index (χ2n) is 8.65. The molecule has 7 nitrogen and oxygen atoms in total. The van der Waals surface area contributed by atoms with Gasteiger partial charge in [0.05, 0.1) is 18.3 Å². The largest absolute Gasteiger partial charge is 0.504 e. The third kappa shape index (κ3) is 5.63. The van der Waals surface area contributed by atoms with Gasteiger partial charge in [0.25, 0.3) is 0 Å². The zero-order chi connectivity index (χ0) is 23.4. The molecule has 32 heavy (non-hydrogen) atoms. The molecule has 8 heteroatoms. The molecule has 0 aliphatic carbocycles. The summed E-state index contributed by atoms with van der Waals surface area (Å²) in [7, 11) is 0.824. The molecule has 2 N–H and O–H groups in total. The summed E-state index contributed by atoms with van der Waals surface area (Å²) in [4.78, 5) is 12.3. The number of rotatable bonds is 7. The Bertz CT molecular complexity index is 958. The predicted molar refractivity (Wildman–Crippen MR) is 123 cm³/mol. The fraction of sp³-hybridized carbons (Fsp3) is 0.375. The summed E-state index contributed by atoms with van der Waals surface area (Å²) in [6.45, 7) is 8.18. The Kier molecular flexibility index (Phi) is 7.16. The van der Waals surface area contributed by atoms with Gasteiger partial charge in [0.2, 0.25) is 0 Å². The van der Waals surface area contributed by atoms with Gasteiger partial charge in [-0.3, -0.25) is 0 Å². The smallest absolute Gasteiger partial charge is 0.492 e. The lowest BCUT2D eigenvalue weighted by Gasteiger charge is -2.32. The van der Waals surface area contributed by atoms with E-state index >= 15 is 0 Å². The van der Waals surface area contributed by atoms with Gasteiger partial charge in [-0.2, -0.15) is 0 Å². The summed E-state index contributed by atoms with van der Waals surface area (Å²) in [5, 5.41) is 12.9. The van der Waals surface area contributed by atoms with E-state index in [1.807, 2.05) is 64.1 Å². The molecule has 1 aliphatic heterocycles. The first-order chi connectivity index (χ1) is 15.1. The van der Waals surface area contributed by atoms with Crippen LogP contribution in [0.4, 0.5) is 4.79 Å². The molecule has 0 unspecified atom stereocenters. The molecule has 0 radical (unpaired) electrons. The minimum Gasteiger partial charge on any atom is -0.504 e. The van der Waals surface area contributed by atoms with Crippen LogP contribution in [0, 0.1) is 0 Å². The Labute approximate surface area is 189 Å². The number of benzene rings is 2. The topological polar surface area (TPSA) is 86.3 Å². The lowest BCUT2D eigenvalue weighted by molar-refractivity contribution is 0.00578. The molecule has 1 saturated heterocycles. The summed E-state index contributed by atoms with van der Waals surface area (Å²) in [5.41, 5.74) is 1.23. The highest BCUT2D eigenvalue weighted by atomic mass is 16.7. The van der Waals surface area contributed by atoms with Gasteiger partial charge in [0.1, 0.15) is 6.61 Å². The van der Waals surface area contributed by atoms with Crippen molar-refractivity contribution in [3.63, 3.8) is 0 Å². The number of nitrogens with one attached hydrogen (secondary N) is 1. The van der Waals surface area contributed by atoms with Gasteiger partial charge >= 0.3 is 13.2 Å². The second-order valence-corrected chi connectivity index (χ2v) is 8.65. The van der Waals surface area contributed by atoms with Crippen molar-refractivity contribution in [2.75, 3.05) is 13.7 Å². The third-order valence-corrected chi connectivity index (χ3v) is 5.76. The summed E-state index contributed by atoms with van der Waals surface area (Å²) in [6, 6.07) is 14.5. The molecule has 0 spiro atoms. The molecular formula is C24H30BNO6. The van der Waals surface area contributed by atoms with Crippen molar-refractivity contribution >= 4 is 19.3 Å². The number of methoxy groups -OCH3 is 1. The number of hydrogen-bond donors (Lipinski definition) is 2. The van der Waals surface area contributed by atoms with Crippen molar-refractivity contribution in [1.29, 1.82) is 0 Å². The van der Waals surface area contributed by atoms with E-state index < -0.39 is 24.4 Å². The molecule has 1 fully saturated rings. The van der Waals surface area contributed by atoms with Gasteiger partial charge in [-0.25, -0.2) is 4.79 Å². The Morgan fingerprint density at radius 1 is 1.09 bits per heavy atom. The van der Waals surface area contributed by atoms with Crippen LogP contribution in [0.3, 0.4) is 0 Å². The summed E-state index contributed by atoms with van der Waals surface area (Å²) < 4.78 is 22.7. The summed E-state index contributed by atoms with van der Waals surface area (Å²) >= 11 is 0. The standard InChI is InChI=1S/C24H30BNO6/c1-23(2)24(3,4)32-25(31-23)19(13-18-11-12-21(29-5)20(27)14-18)15-26-22(28)30-16-17-9-7-6-8-10-17/h6-14,27H,15-16H2,1-5H3,(H,26,28). The van der Waals surface area contributed by atoms with Crippen LogP contribution in [-0.2, 0) is 20.7 Å². The molecule has 3 rings (SSSR count). The van der Waals surface area contributed by atoms with Crippen LogP contribution >= 0.6 is 0 Å². The van der Waals surface area contributed by atoms with Gasteiger partial charge in [0, 0.05) is 6.54 Å². The molecule has 1 amide bonds. The second kappa shape index (κ2) is 9.67. The van der Waals surface area contributed by atoms with Crippen molar-refractivity contribution in [1.82, 2.24) is 5.32 Å². The number of alkyl carbamates (subject to hydrolysis) is 1. The van der Waals surface area contributed by atoms with Crippen molar-refractivity contribution in [3.8, 4) is 11.5 Å². The minimum absolute atomic E-state index is 0.0183. The molecule has 1 aliphatic rings. The normalized spacial score (nSPS) is 17.2. The van der Waals surface area contributed by atoms with E-state index in [4.69, 9.17) is 18.8 Å². The fourth-order valence-electron chi connectivity index (χ4n) is 3.16. The molecule has 0 saturated carbocycles. The van der Waals surface area contributed by atoms with Crippen LogP contribution < -0.4 is 10.1 Å². The van der Waals surface area contributed by atoms with E-state index in [-0.39, 0.29) is 18.9 Å². The maximum absolute atomic E-state index is 12.3. The maximum atomic E-state index is 12.3. The van der Waals surface area contributed by atoms with E-state index in [2.05, 4.69) is 5.32 Å². The van der Waals surface area contributed by atoms with Gasteiger partial charge in [-0.1, -0.05) is 42.5 Å². The van der Waals surface area contributed by atoms with E-state index in [1.165, 1.54) is 7.11 Å². The van der Waals surface area contributed by atoms with Crippen LogP contribution in [0.1, 0.15) is 38.8 Å². The van der Waals surface area contributed by atoms with E-state index in [0.29, 0.717) is 16.8 Å². The average Bonchev–Trinajstić information content (AvgIpc) is 2.97. The number of aromatic hydroxyl groups is 1. The number of amides is 1. The van der Waals surface area contributed by atoms with E-state index in [9.17, 15) is 9.90 Å². The lowest BCUT2D eigenvalue weighted by Crippen LogP contribution is -2.41. The Balaban J connectivity index is 1.75. The van der Waals surface area contributed by atoms with E-state index in [1.54, 1.807) is 18.2 Å². The first-order valence-electron chi connectivity index (χ1n) is 10.5. The van der Waals surface area contributed by atoms with Gasteiger partial charge in [-0.05, 0) is 56.4 Å². The number of ether oxygens (including phenoxy) is 2. The molecule has 2 aromatic rings. The fourth-order valence-corrected chi connectivity index (χ4v) is 3.16.